The molecule has 0 aromatic carbocycles. The molecule has 1 aliphatic carbocycles. The number of allylic oxidation sites excluding steroid dienone is 1. The fourth-order valence-electron chi connectivity index (χ4n) is 1.62. The van der Waals surface area contributed by atoms with Gasteiger partial charge in [-0.2, -0.15) is 0 Å². The number of carbonyl (C=O) groups excluding carboxylic acids is 2. The molecular formula is C10H14O3. The predicted molar refractivity (Wildman–Crippen MR) is 47.8 cm³/mol. The van der Waals surface area contributed by atoms with Crippen LogP contribution in [-0.4, -0.2) is 18.5 Å². The van der Waals surface area contributed by atoms with Gasteiger partial charge in [-0.05, 0) is 32.6 Å². The first-order valence-corrected chi connectivity index (χ1v) is 4.67. The average molecular weight is 182 g/mol. The summed E-state index contributed by atoms with van der Waals surface area (Å²) in [5.41, 5.74) is 0.726. The molecule has 0 aliphatic heterocycles. The lowest BCUT2D eigenvalue weighted by molar-refractivity contribution is -0.148. The Kier molecular flexibility index (Phi) is 3.71. The number of hydrogen-bond acceptors (Lipinski definition) is 3. The zero-order valence-corrected chi connectivity index (χ0v) is 7.84. The lowest BCUT2D eigenvalue weighted by Crippen LogP contribution is -2.21. The molecule has 0 bridgehead atoms. The summed E-state index contributed by atoms with van der Waals surface area (Å²) in [6.07, 6.45) is 3.07. The minimum atomic E-state index is -0.171. The summed E-state index contributed by atoms with van der Waals surface area (Å²) >= 11 is 0. The summed E-state index contributed by atoms with van der Waals surface area (Å²) < 4.78 is 4.89. The Morgan fingerprint density at radius 3 is 3.08 bits per heavy atom. The van der Waals surface area contributed by atoms with Gasteiger partial charge in [-0.3, -0.25) is 4.79 Å². The van der Waals surface area contributed by atoms with E-state index < -0.39 is 0 Å². The molecule has 0 amide bonds. The van der Waals surface area contributed by atoms with E-state index in [1.165, 1.54) is 0 Å². The largest absolute Gasteiger partial charge is 0.466 e. The molecule has 0 N–H and O–H groups in total. The Morgan fingerprint density at radius 2 is 2.46 bits per heavy atom. The molecule has 0 aromatic rings. The van der Waals surface area contributed by atoms with Crippen LogP contribution in [0.25, 0.3) is 0 Å². The van der Waals surface area contributed by atoms with Crippen LogP contribution in [0.2, 0.25) is 0 Å². The van der Waals surface area contributed by atoms with Gasteiger partial charge in [-0.1, -0.05) is 0 Å². The van der Waals surface area contributed by atoms with Crippen molar-refractivity contribution in [2.75, 3.05) is 6.61 Å². The van der Waals surface area contributed by atoms with E-state index in [0.717, 1.165) is 24.8 Å². The van der Waals surface area contributed by atoms with Crippen molar-refractivity contribution in [3.8, 4) is 0 Å². The highest BCUT2D eigenvalue weighted by Gasteiger charge is 2.25. The molecular weight excluding hydrogens is 168 g/mol. The second-order valence-electron chi connectivity index (χ2n) is 3.25. The van der Waals surface area contributed by atoms with Gasteiger partial charge >= 0.3 is 5.97 Å². The van der Waals surface area contributed by atoms with Gasteiger partial charge < -0.3 is 4.74 Å². The third-order valence-corrected chi connectivity index (χ3v) is 2.29. The molecule has 0 spiro atoms. The van der Waals surface area contributed by atoms with E-state index in [-0.39, 0.29) is 11.9 Å². The van der Waals surface area contributed by atoms with Gasteiger partial charge in [0.15, 0.2) is 0 Å². The van der Waals surface area contributed by atoms with Crippen LogP contribution in [0.5, 0.6) is 0 Å². The van der Waals surface area contributed by atoms with Crippen molar-refractivity contribution in [2.24, 2.45) is 5.92 Å². The molecule has 3 heteroatoms. The summed E-state index contributed by atoms with van der Waals surface area (Å²) in [5, 5.41) is 0. The van der Waals surface area contributed by atoms with Crippen molar-refractivity contribution < 1.29 is 14.3 Å². The number of hydrogen-bond donors (Lipinski definition) is 0. The summed E-state index contributed by atoms with van der Waals surface area (Å²) in [5.74, 6) is 1.61. The van der Waals surface area contributed by atoms with Gasteiger partial charge in [0.1, 0.15) is 5.94 Å². The lowest BCUT2D eigenvalue weighted by atomic mass is 9.86. The van der Waals surface area contributed by atoms with Gasteiger partial charge in [0, 0.05) is 5.57 Å². The number of ether oxygens (including phenoxy) is 1. The Morgan fingerprint density at radius 1 is 1.69 bits per heavy atom. The smallest absolute Gasteiger partial charge is 0.309 e. The van der Waals surface area contributed by atoms with Crippen LogP contribution in [0.3, 0.4) is 0 Å². The summed E-state index contributed by atoms with van der Waals surface area (Å²) in [4.78, 5) is 21.7. The van der Waals surface area contributed by atoms with Crippen LogP contribution in [0.1, 0.15) is 32.6 Å². The van der Waals surface area contributed by atoms with Gasteiger partial charge in [0.05, 0.1) is 12.5 Å². The molecule has 0 aromatic heterocycles. The third kappa shape index (κ3) is 2.71. The van der Waals surface area contributed by atoms with Crippen molar-refractivity contribution in [3.05, 3.63) is 5.57 Å². The van der Waals surface area contributed by atoms with E-state index in [0.29, 0.717) is 13.0 Å². The standard InChI is InChI=1S/C10H14O3/c1-2-13-10(12)9-5-3-4-8(6-9)7-11/h9H,2-6H2,1H3. The van der Waals surface area contributed by atoms with Crippen LogP contribution in [0, 0.1) is 5.92 Å². The van der Waals surface area contributed by atoms with Crippen LogP contribution in [0.15, 0.2) is 5.57 Å². The van der Waals surface area contributed by atoms with Gasteiger partial charge in [0.2, 0.25) is 0 Å². The summed E-state index contributed by atoms with van der Waals surface area (Å²) in [6, 6.07) is 0. The highest BCUT2D eigenvalue weighted by molar-refractivity contribution is 5.73. The Balaban J connectivity index is 2.51. The van der Waals surface area contributed by atoms with Crippen molar-refractivity contribution >= 4 is 11.9 Å². The first-order valence-electron chi connectivity index (χ1n) is 4.67. The van der Waals surface area contributed by atoms with E-state index in [9.17, 15) is 9.59 Å². The molecule has 13 heavy (non-hydrogen) atoms. The van der Waals surface area contributed by atoms with E-state index in [1.54, 1.807) is 6.92 Å². The quantitative estimate of drug-likeness (QED) is 0.480. The average Bonchev–Trinajstić information content (AvgIpc) is 2.18. The zero-order chi connectivity index (χ0) is 9.68. The zero-order valence-electron chi connectivity index (χ0n) is 7.84. The van der Waals surface area contributed by atoms with Crippen LogP contribution in [0.4, 0.5) is 0 Å². The number of esters is 1. The molecule has 1 saturated carbocycles. The fraction of sp³-hybridized carbons (Fsp3) is 0.700. The van der Waals surface area contributed by atoms with E-state index in [2.05, 4.69) is 0 Å². The van der Waals surface area contributed by atoms with Gasteiger partial charge in [-0.25, -0.2) is 4.79 Å². The molecule has 1 aliphatic rings. The second-order valence-corrected chi connectivity index (χ2v) is 3.25. The molecule has 72 valence electrons. The number of rotatable bonds is 2. The highest BCUT2D eigenvalue weighted by Crippen LogP contribution is 2.27. The molecule has 1 unspecified atom stereocenters. The highest BCUT2D eigenvalue weighted by atomic mass is 16.5. The Labute approximate surface area is 77.8 Å². The fourth-order valence-corrected chi connectivity index (χ4v) is 1.62. The molecule has 0 heterocycles. The normalized spacial score (nSPS) is 22.2. The maximum absolute atomic E-state index is 11.3. The maximum Gasteiger partial charge on any atom is 0.309 e. The molecule has 0 radical (unpaired) electrons. The molecule has 1 fully saturated rings. The van der Waals surface area contributed by atoms with Crippen molar-refractivity contribution in [3.63, 3.8) is 0 Å². The summed E-state index contributed by atoms with van der Waals surface area (Å²) in [6.45, 7) is 2.20. The minimum absolute atomic E-state index is 0.106. The topological polar surface area (TPSA) is 43.4 Å². The van der Waals surface area contributed by atoms with Gasteiger partial charge in [-0.15, -0.1) is 0 Å². The molecule has 1 rings (SSSR count). The lowest BCUT2D eigenvalue weighted by Gasteiger charge is -2.20. The first-order chi connectivity index (χ1) is 6.27. The van der Waals surface area contributed by atoms with Crippen molar-refractivity contribution in [1.29, 1.82) is 0 Å². The van der Waals surface area contributed by atoms with Crippen LogP contribution < -0.4 is 0 Å². The molecule has 3 nitrogen and oxygen atoms in total. The Bertz CT molecular complexity index is 239. The third-order valence-electron chi connectivity index (χ3n) is 2.29. The molecule has 1 atom stereocenters. The Hall–Kier alpha value is -1.08. The minimum Gasteiger partial charge on any atom is -0.466 e. The molecule has 0 saturated heterocycles. The van der Waals surface area contributed by atoms with Gasteiger partial charge in [0.25, 0.3) is 0 Å². The second kappa shape index (κ2) is 4.83. The predicted octanol–water partition coefficient (Wildman–Crippen LogP) is 1.50. The van der Waals surface area contributed by atoms with Crippen LogP contribution >= 0.6 is 0 Å². The SMILES string of the molecule is CCOC(=O)C1CCCC(=C=O)C1. The maximum atomic E-state index is 11.3. The first kappa shape index (κ1) is 10.0. The van der Waals surface area contributed by atoms with E-state index >= 15 is 0 Å². The van der Waals surface area contributed by atoms with Crippen molar-refractivity contribution in [2.45, 2.75) is 32.6 Å². The monoisotopic (exact) mass is 182 g/mol. The van der Waals surface area contributed by atoms with Crippen LogP contribution in [-0.2, 0) is 14.3 Å². The number of carbonyl (C=O) groups is 1. The van der Waals surface area contributed by atoms with Crippen molar-refractivity contribution in [1.82, 2.24) is 0 Å². The summed E-state index contributed by atoms with van der Waals surface area (Å²) in [7, 11) is 0. The van der Waals surface area contributed by atoms with E-state index in [4.69, 9.17) is 4.74 Å². The van der Waals surface area contributed by atoms with E-state index in [1.807, 2.05) is 5.94 Å².